The topological polar surface area (TPSA) is 27.7 Å². The predicted molar refractivity (Wildman–Crippen MR) is 110 cm³/mol. The fraction of sp³-hybridized carbons (Fsp3) is 0.947. The van der Waals surface area contributed by atoms with Crippen LogP contribution in [0.15, 0.2) is 0 Å². The van der Waals surface area contributed by atoms with Gasteiger partial charge in [0.15, 0.2) is 0 Å². The Balaban J connectivity index is 3.89. The van der Waals surface area contributed by atoms with Gasteiger partial charge >= 0.3 is 8.80 Å². The summed E-state index contributed by atoms with van der Waals surface area (Å²) in [7, 11) is -2.48. The lowest BCUT2D eigenvalue weighted by Crippen LogP contribution is -2.45. The molecular weight excluding hydrogens is 336 g/mol. The van der Waals surface area contributed by atoms with Crippen molar-refractivity contribution >= 4 is 25.9 Å². The zero-order valence-electron chi connectivity index (χ0n) is 16.5. The minimum Gasteiger partial charge on any atom is -0.374 e. The number of hydrogen-bond acceptors (Lipinski definition) is 4. The van der Waals surface area contributed by atoms with Gasteiger partial charge in [-0.1, -0.05) is 57.7 Å². The van der Waals surface area contributed by atoms with Crippen LogP contribution in [0.3, 0.4) is 0 Å². The number of rotatable bonds is 18. The van der Waals surface area contributed by atoms with Crippen LogP contribution in [-0.2, 0) is 13.3 Å². The molecule has 0 amide bonds. The van der Waals surface area contributed by atoms with E-state index in [-0.39, 0.29) is 0 Å². The maximum Gasteiger partial charge on any atom is 0.500 e. The highest BCUT2D eigenvalue weighted by atomic mass is 32.1. The van der Waals surface area contributed by atoms with E-state index in [1.54, 1.807) is 0 Å². The molecule has 0 aromatic heterocycles. The molecule has 0 unspecified atom stereocenters. The average Bonchev–Trinajstić information content (AvgIpc) is 2.55. The molecule has 0 spiro atoms. The average molecular weight is 377 g/mol. The molecule has 0 aliphatic rings. The van der Waals surface area contributed by atoms with Gasteiger partial charge in [-0.2, -0.15) is 0 Å². The van der Waals surface area contributed by atoms with E-state index in [0.29, 0.717) is 19.8 Å². The molecule has 0 saturated carbocycles. The number of thiocarbonyl (C=S) groups is 1. The molecule has 24 heavy (non-hydrogen) atoms. The van der Waals surface area contributed by atoms with Gasteiger partial charge in [0.1, 0.15) is 0 Å². The standard InChI is InChI=1S/C19H40O3SSi/c1-5-9-10-11-12-13-14-16-19(23)17-15-18-24(20-6-2,21-7-3)22-8-4/h5-18H2,1-4H3. The van der Waals surface area contributed by atoms with Crippen molar-refractivity contribution in [1.82, 2.24) is 0 Å². The number of unbranched alkanes of at least 4 members (excludes halogenated alkanes) is 6. The molecule has 3 nitrogen and oxygen atoms in total. The summed E-state index contributed by atoms with van der Waals surface area (Å²) in [6, 6.07) is 0.875. The molecule has 0 aromatic rings. The summed E-state index contributed by atoms with van der Waals surface area (Å²) in [5, 5.41) is 0. The van der Waals surface area contributed by atoms with Gasteiger partial charge in [0.2, 0.25) is 0 Å². The maximum absolute atomic E-state index is 5.89. The molecule has 0 atom stereocenters. The molecule has 0 radical (unpaired) electrons. The maximum atomic E-state index is 5.89. The van der Waals surface area contributed by atoms with E-state index in [4.69, 9.17) is 25.5 Å². The monoisotopic (exact) mass is 376 g/mol. The Labute approximate surface area is 157 Å². The lowest BCUT2D eigenvalue weighted by atomic mass is 10.1. The highest BCUT2D eigenvalue weighted by Crippen LogP contribution is 2.20. The summed E-state index contributed by atoms with van der Waals surface area (Å²) in [4.78, 5) is 1.20. The molecule has 0 saturated heterocycles. The minimum absolute atomic E-state index is 0.648. The van der Waals surface area contributed by atoms with Gasteiger partial charge in [0.05, 0.1) is 0 Å². The Morgan fingerprint density at radius 3 is 1.62 bits per heavy atom. The lowest BCUT2D eigenvalue weighted by Gasteiger charge is -2.28. The Bertz CT molecular complexity index is 283. The van der Waals surface area contributed by atoms with E-state index in [9.17, 15) is 0 Å². The van der Waals surface area contributed by atoms with Crippen molar-refractivity contribution in [3.63, 3.8) is 0 Å². The summed E-state index contributed by atoms with van der Waals surface area (Å²) in [6.07, 6.45) is 12.5. The van der Waals surface area contributed by atoms with Crippen LogP contribution >= 0.6 is 12.2 Å². The zero-order chi connectivity index (χ0) is 18.1. The van der Waals surface area contributed by atoms with Crippen molar-refractivity contribution in [2.75, 3.05) is 19.8 Å². The van der Waals surface area contributed by atoms with E-state index < -0.39 is 8.80 Å². The molecule has 0 fully saturated rings. The predicted octanol–water partition coefficient (Wildman–Crippen LogP) is 6.33. The molecule has 0 aliphatic heterocycles. The van der Waals surface area contributed by atoms with Gasteiger partial charge in [-0.15, -0.1) is 0 Å². The van der Waals surface area contributed by atoms with Crippen LogP contribution in [0.4, 0.5) is 0 Å². The van der Waals surface area contributed by atoms with Gasteiger partial charge in [-0.25, -0.2) is 0 Å². The molecule has 0 aromatic carbocycles. The summed E-state index contributed by atoms with van der Waals surface area (Å²) in [5.74, 6) is 0. The first-order chi connectivity index (χ1) is 11.6. The fourth-order valence-corrected chi connectivity index (χ4v) is 5.81. The van der Waals surface area contributed by atoms with Gasteiger partial charge in [0, 0.05) is 25.9 Å². The van der Waals surface area contributed by atoms with Gasteiger partial charge < -0.3 is 13.3 Å². The second-order valence-corrected chi connectivity index (χ2v) is 9.56. The van der Waals surface area contributed by atoms with Crippen molar-refractivity contribution in [3.8, 4) is 0 Å². The first-order valence-corrected chi connectivity index (χ1v) is 12.4. The summed E-state index contributed by atoms with van der Waals surface area (Å²) >= 11 is 5.55. The molecular formula is C19H40O3SSi. The molecule has 0 aliphatic carbocycles. The van der Waals surface area contributed by atoms with Crippen LogP contribution in [0.25, 0.3) is 0 Å². The molecule has 0 bridgehead atoms. The lowest BCUT2D eigenvalue weighted by molar-refractivity contribution is 0.0710. The third-order valence-electron chi connectivity index (χ3n) is 4.09. The van der Waals surface area contributed by atoms with E-state index >= 15 is 0 Å². The van der Waals surface area contributed by atoms with Crippen LogP contribution in [-0.4, -0.2) is 33.5 Å². The van der Waals surface area contributed by atoms with Crippen LogP contribution in [0.5, 0.6) is 0 Å². The normalized spacial score (nSPS) is 11.8. The molecule has 0 rings (SSSR count). The third-order valence-corrected chi connectivity index (χ3v) is 7.65. The SMILES string of the molecule is CCCCCCCCCC(=S)CCC[Si](OCC)(OCC)OCC. The van der Waals surface area contributed by atoms with Crippen molar-refractivity contribution in [2.24, 2.45) is 0 Å². The highest BCUT2D eigenvalue weighted by molar-refractivity contribution is 7.80. The summed E-state index contributed by atoms with van der Waals surface area (Å²) in [6.45, 7) is 10.2. The van der Waals surface area contributed by atoms with Crippen molar-refractivity contribution in [1.29, 1.82) is 0 Å². The number of hydrogen-bond donors (Lipinski definition) is 0. The Kier molecular flexibility index (Phi) is 16.8. The van der Waals surface area contributed by atoms with Crippen LogP contribution in [0.1, 0.15) is 91.9 Å². The molecule has 5 heteroatoms. The Morgan fingerprint density at radius 2 is 1.12 bits per heavy atom. The Hall–Kier alpha value is 0.187. The van der Waals surface area contributed by atoms with E-state index in [1.807, 2.05) is 20.8 Å². The fourth-order valence-electron chi connectivity index (χ4n) is 2.91. The summed E-state index contributed by atoms with van der Waals surface area (Å²) < 4.78 is 17.7. The van der Waals surface area contributed by atoms with E-state index in [1.165, 1.54) is 49.8 Å². The molecule has 144 valence electrons. The van der Waals surface area contributed by atoms with Crippen molar-refractivity contribution in [3.05, 3.63) is 0 Å². The minimum atomic E-state index is -2.48. The van der Waals surface area contributed by atoms with Crippen molar-refractivity contribution < 1.29 is 13.3 Å². The second kappa shape index (κ2) is 16.6. The van der Waals surface area contributed by atoms with Crippen molar-refractivity contribution in [2.45, 2.75) is 97.9 Å². The highest BCUT2D eigenvalue weighted by Gasteiger charge is 2.39. The quantitative estimate of drug-likeness (QED) is 0.159. The van der Waals surface area contributed by atoms with Gasteiger partial charge in [-0.3, -0.25) is 0 Å². The zero-order valence-corrected chi connectivity index (χ0v) is 18.3. The smallest absolute Gasteiger partial charge is 0.374 e. The molecule has 0 N–H and O–H groups in total. The third kappa shape index (κ3) is 12.5. The van der Waals surface area contributed by atoms with Gasteiger partial charge in [-0.05, 0) is 51.3 Å². The van der Waals surface area contributed by atoms with E-state index in [2.05, 4.69) is 6.92 Å². The molecule has 0 heterocycles. The first-order valence-electron chi connectivity index (χ1n) is 10.1. The summed E-state index contributed by atoms with van der Waals surface area (Å²) in [5.41, 5.74) is 0. The Morgan fingerprint density at radius 1 is 0.667 bits per heavy atom. The van der Waals surface area contributed by atoms with E-state index in [0.717, 1.165) is 25.3 Å². The largest absolute Gasteiger partial charge is 0.500 e. The first kappa shape index (κ1) is 24.2. The van der Waals surface area contributed by atoms with Crippen LogP contribution in [0.2, 0.25) is 6.04 Å². The van der Waals surface area contributed by atoms with Crippen LogP contribution in [0, 0.1) is 0 Å². The van der Waals surface area contributed by atoms with Crippen LogP contribution < -0.4 is 0 Å². The van der Waals surface area contributed by atoms with Gasteiger partial charge in [0.25, 0.3) is 0 Å². The second-order valence-electron chi connectivity index (χ2n) is 6.25.